The molecule has 0 saturated heterocycles. The van der Waals surface area contributed by atoms with E-state index >= 15 is 0 Å². The van der Waals surface area contributed by atoms with E-state index in [4.69, 9.17) is 27.3 Å². The number of aromatic amines is 1. The molecule has 1 aliphatic rings. The molecule has 0 spiro atoms. The molecule has 2 aromatic heterocycles. The van der Waals surface area contributed by atoms with E-state index in [1.165, 1.54) is 18.5 Å². The number of hydrogen-bond donors (Lipinski definition) is 3. The Labute approximate surface area is 170 Å². The van der Waals surface area contributed by atoms with Gasteiger partial charge in [0.2, 0.25) is 0 Å². The second kappa shape index (κ2) is 8.03. The maximum absolute atomic E-state index is 14.8. The normalized spacial score (nSPS) is 18.4. The fraction of sp³-hybridized carbons (Fsp3) is 0.263. The van der Waals surface area contributed by atoms with Gasteiger partial charge in [-0.3, -0.25) is 5.10 Å². The fourth-order valence-corrected chi connectivity index (χ4v) is 3.45. The van der Waals surface area contributed by atoms with Gasteiger partial charge in [-0.2, -0.15) is 10.4 Å². The van der Waals surface area contributed by atoms with E-state index in [9.17, 15) is 4.39 Å². The molecular weight excluding hydrogens is 397 g/mol. The standard InChI is InChI=1S/C19H17ClFN7O/c20-10-3-14(21)19(16(4-10)29-13-2-1-11(23)5-13)15-6-17(28-27-15)26-18-9-24-12(7-22)8-25-18/h3-4,6,8-9,11,13H,1-2,5,23H2,(H2,25,26,27,28)/t11-,13-/m1/s1. The highest BCUT2D eigenvalue weighted by Crippen LogP contribution is 2.37. The number of H-pyrrole nitrogens is 1. The molecule has 2 heterocycles. The Balaban J connectivity index is 1.60. The molecule has 2 atom stereocenters. The number of anilines is 2. The average molecular weight is 414 g/mol. The van der Waals surface area contributed by atoms with Crippen LogP contribution in [0.4, 0.5) is 16.0 Å². The summed E-state index contributed by atoms with van der Waals surface area (Å²) >= 11 is 6.04. The molecule has 0 aliphatic heterocycles. The second-order valence-electron chi connectivity index (χ2n) is 6.76. The molecule has 0 unspecified atom stereocenters. The summed E-state index contributed by atoms with van der Waals surface area (Å²) < 4.78 is 20.8. The van der Waals surface area contributed by atoms with Crippen molar-refractivity contribution in [2.45, 2.75) is 31.4 Å². The Morgan fingerprint density at radius 2 is 2.10 bits per heavy atom. The zero-order valence-corrected chi connectivity index (χ0v) is 15.9. The average Bonchev–Trinajstić information content (AvgIpc) is 3.31. The summed E-state index contributed by atoms with van der Waals surface area (Å²) in [5.74, 6) is 0.614. The molecule has 0 amide bonds. The Hall–Kier alpha value is -3.22. The van der Waals surface area contributed by atoms with Gasteiger partial charge >= 0.3 is 0 Å². The Morgan fingerprint density at radius 1 is 1.24 bits per heavy atom. The van der Waals surface area contributed by atoms with Crippen LogP contribution in [0.15, 0.2) is 30.6 Å². The highest BCUT2D eigenvalue weighted by Gasteiger charge is 2.26. The van der Waals surface area contributed by atoms with Crippen molar-refractivity contribution in [3.63, 3.8) is 0 Å². The maximum Gasteiger partial charge on any atom is 0.158 e. The van der Waals surface area contributed by atoms with E-state index in [2.05, 4.69) is 25.5 Å². The first-order valence-electron chi connectivity index (χ1n) is 8.98. The van der Waals surface area contributed by atoms with Crippen LogP contribution in [-0.4, -0.2) is 32.3 Å². The Kier molecular flexibility index (Phi) is 5.29. The number of rotatable bonds is 5. The molecule has 1 fully saturated rings. The molecule has 0 bridgehead atoms. The first-order valence-corrected chi connectivity index (χ1v) is 9.36. The first kappa shape index (κ1) is 19.1. The predicted molar refractivity (Wildman–Crippen MR) is 105 cm³/mol. The number of aromatic nitrogens is 4. The summed E-state index contributed by atoms with van der Waals surface area (Å²) in [6.45, 7) is 0. The van der Waals surface area contributed by atoms with Crippen LogP contribution in [0.1, 0.15) is 25.0 Å². The molecule has 1 saturated carbocycles. The van der Waals surface area contributed by atoms with Crippen LogP contribution in [0, 0.1) is 17.1 Å². The number of nitrogens with two attached hydrogens (primary N) is 1. The molecule has 148 valence electrons. The van der Waals surface area contributed by atoms with Crippen molar-refractivity contribution >= 4 is 23.2 Å². The highest BCUT2D eigenvalue weighted by molar-refractivity contribution is 6.30. The third kappa shape index (κ3) is 4.29. The van der Waals surface area contributed by atoms with Crippen molar-refractivity contribution in [2.75, 3.05) is 5.32 Å². The van der Waals surface area contributed by atoms with Gasteiger partial charge < -0.3 is 15.8 Å². The molecular formula is C19H17ClFN7O. The van der Waals surface area contributed by atoms with Gasteiger partial charge in [-0.15, -0.1) is 0 Å². The molecule has 0 radical (unpaired) electrons. The van der Waals surface area contributed by atoms with Gasteiger partial charge in [0.15, 0.2) is 11.5 Å². The number of nitrogens with one attached hydrogen (secondary N) is 2. The Bertz CT molecular complexity index is 1060. The van der Waals surface area contributed by atoms with Crippen LogP contribution in [0.3, 0.4) is 0 Å². The van der Waals surface area contributed by atoms with Crippen molar-refractivity contribution in [1.82, 2.24) is 20.2 Å². The first-order chi connectivity index (χ1) is 14.0. The van der Waals surface area contributed by atoms with E-state index < -0.39 is 5.82 Å². The lowest BCUT2D eigenvalue weighted by Gasteiger charge is -2.17. The monoisotopic (exact) mass is 413 g/mol. The largest absolute Gasteiger partial charge is 0.489 e. The third-order valence-electron chi connectivity index (χ3n) is 4.61. The van der Waals surface area contributed by atoms with Gasteiger partial charge in [0.05, 0.1) is 23.7 Å². The number of ether oxygens (including phenoxy) is 1. The van der Waals surface area contributed by atoms with E-state index in [-0.39, 0.29) is 28.4 Å². The summed E-state index contributed by atoms with van der Waals surface area (Å²) in [4.78, 5) is 8.00. The second-order valence-corrected chi connectivity index (χ2v) is 7.20. The van der Waals surface area contributed by atoms with Crippen LogP contribution in [0.2, 0.25) is 5.02 Å². The van der Waals surface area contributed by atoms with Crippen LogP contribution < -0.4 is 15.8 Å². The van der Waals surface area contributed by atoms with Crippen LogP contribution in [-0.2, 0) is 0 Å². The van der Waals surface area contributed by atoms with Crippen molar-refractivity contribution < 1.29 is 9.13 Å². The van der Waals surface area contributed by atoms with E-state index in [1.54, 1.807) is 12.1 Å². The summed E-state index contributed by atoms with van der Waals surface area (Å²) in [5.41, 5.74) is 6.81. The molecule has 8 nitrogen and oxygen atoms in total. The summed E-state index contributed by atoms with van der Waals surface area (Å²) in [7, 11) is 0. The molecule has 4 N–H and O–H groups in total. The SMILES string of the molecule is N#Cc1cnc(Nc2cc(-c3c(F)cc(Cl)cc3O[C@@H]3CC[C@@H](N)C3)[nH]n2)cn1. The van der Waals surface area contributed by atoms with Crippen molar-refractivity contribution in [3.8, 4) is 23.1 Å². The van der Waals surface area contributed by atoms with Gasteiger partial charge in [0.25, 0.3) is 0 Å². The zero-order valence-electron chi connectivity index (χ0n) is 15.2. The van der Waals surface area contributed by atoms with Crippen LogP contribution >= 0.6 is 11.6 Å². The number of halogens is 2. The molecule has 1 aliphatic carbocycles. The predicted octanol–water partition coefficient (Wildman–Crippen LogP) is 3.53. The quantitative estimate of drug-likeness (QED) is 0.584. The van der Waals surface area contributed by atoms with Gasteiger partial charge in [0.1, 0.15) is 29.6 Å². The molecule has 10 heteroatoms. The molecule has 3 aromatic rings. The number of nitriles is 1. The third-order valence-corrected chi connectivity index (χ3v) is 4.83. The van der Waals surface area contributed by atoms with Gasteiger partial charge in [0, 0.05) is 17.1 Å². The minimum atomic E-state index is -0.525. The van der Waals surface area contributed by atoms with Gasteiger partial charge in [-0.25, -0.2) is 14.4 Å². The summed E-state index contributed by atoms with van der Waals surface area (Å²) in [5, 5.41) is 18.9. The Morgan fingerprint density at radius 3 is 2.79 bits per heavy atom. The van der Waals surface area contributed by atoms with E-state index in [1.807, 2.05) is 6.07 Å². The summed E-state index contributed by atoms with van der Waals surface area (Å²) in [6, 6.07) is 6.42. The lowest BCUT2D eigenvalue weighted by Crippen LogP contribution is -2.19. The maximum atomic E-state index is 14.8. The molecule has 4 rings (SSSR count). The lowest BCUT2D eigenvalue weighted by molar-refractivity contribution is 0.208. The van der Waals surface area contributed by atoms with Gasteiger partial charge in [-0.05, 0) is 31.4 Å². The number of nitrogens with zero attached hydrogens (tertiary/aromatic N) is 4. The lowest BCUT2D eigenvalue weighted by atomic mass is 10.1. The molecule has 1 aromatic carbocycles. The number of hydrogen-bond acceptors (Lipinski definition) is 7. The van der Waals surface area contributed by atoms with Crippen molar-refractivity contribution in [1.29, 1.82) is 5.26 Å². The highest BCUT2D eigenvalue weighted by atomic mass is 35.5. The van der Waals surface area contributed by atoms with Crippen LogP contribution in [0.25, 0.3) is 11.3 Å². The smallest absolute Gasteiger partial charge is 0.158 e. The summed E-state index contributed by atoms with van der Waals surface area (Å²) in [6.07, 6.45) is 5.05. The number of benzene rings is 1. The topological polar surface area (TPSA) is 126 Å². The minimum Gasteiger partial charge on any atom is -0.489 e. The molecule has 29 heavy (non-hydrogen) atoms. The van der Waals surface area contributed by atoms with E-state index in [0.29, 0.717) is 29.5 Å². The van der Waals surface area contributed by atoms with Gasteiger partial charge in [-0.1, -0.05) is 11.6 Å². The minimum absolute atomic E-state index is 0.0870. The zero-order chi connectivity index (χ0) is 20.4. The van der Waals surface area contributed by atoms with Crippen LogP contribution in [0.5, 0.6) is 5.75 Å². The van der Waals surface area contributed by atoms with E-state index in [0.717, 1.165) is 12.8 Å². The fourth-order valence-electron chi connectivity index (χ4n) is 3.26. The van der Waals surface area contributed by atoms with Crippen molar-refractivity contribution in [3.05, 3.63) is 47.1 Å². The van der Waals surface area contributed by atoms with Crippen molar-refractivity contribution in [2.24, 2.45) is 5.73 Å².